The third-order valence-electron chi connectivity index (χ3n) is 4.29. The van der Waals surface area contributed by atoms with Crippen molar-refractivity contribution in [2.45, 2.75) is 26.3 Å². The van der Waals surface area contributed by atoms with E-state index in [9.17, 15) is 9.59 Å². The van der Waals surface area contributed by atoms with Crippen LogP contribution in [0.5, 0.6) is 0 Å². The molecule has 0 saturated carbocycles. The summed E-state index contributed by atoms with van der Waals surface area (Å²) in [6, 6.07) is 7.25. The third-order valence-corrected chi connectivity index (χ3v) is 4.54. The van der Waals surface area contributed by atoms with Crippen molar-refractivity contribution in [3.05, 3.63) is 51.8 Å². The summed E-state index contributed by atoms with van der Waals surface area (Å²) in [4.78, 5) is 26.6. The molecule has 3 rings (SSSR count). The highest BCUT2D eigenvalue weighted by Crippen LogP contribution is 2.23. The molecule has 1 aromatic heterocycles. The van der Waals surface area contributed by atoms with Crippen molar-refractivity contribution in [3.8, 4) is 0 Å². The largest absolute Gasteiger partial charge is 0.461 e. The number of hydrogen-bond acceptors (Lipinski definition) is 4. The number of carbonyl (C=O) groups is 2. The molecule has 2 heterocycles. The van der Waals surface area contributed by atoms with Gasteiger partial charge in [-0.25, -0.2) is 4.79 Å². The van der Waals surface area contributed by atoms with Gasteiger partial charge in [0.2, 0.25) is 5.91 Å². The third kappa shape index (κ3) is 3.69. The molecule has 0 bridgehead atoms. The van der Waals surface area contributed by atoms with Gasteiger partial charge in [-0.2, -0.15) is 5.10 Å². The number of aromatic nitrogens is 2. The molecule has 0 spiro atoms. The van der Waals surface area contributed by atoms with Crippen LogP contribution in [0.3, 0.4) is 0 Å². The van der Waals surface area contributed by atoms with Crippen molar-refractivity contribution in [1.29, 1.82) is 0 Å². The standard InChI is InChI=1S/C18H20ClN3O3/c1-3-25-18(24)17-14-11-22(9-8-15(14)20-21(17)2)16(23)10-12-4-6-13(19)7-5-12/h4-7H,3,8-11H2,1-2H3. The van der Waals surface area contributed by atoms with Crippen LogP contribution in [-0.2, 0) is 36.0 Å². The molecular formula is C18H20ClN3O3. The van der Waals surface area contributed by atoms with Gasteiger partial charge >= 0.3 is 5.97 Å². The molecule has 0 unspecified atom stereocenters. The maximum Gasteiger partial charge on any atom is 0.356 e. The zero-order valence-electron chi connectivity index (χ0n) is 14.3. The predicted molar refractivity (Wildman–Crippen MR) is 93.4 cm³/mol. The van der Waals surface area contributed by atoms with E-state index >= 15 is 0 Å². The van der Waals surface area contributed by atoms with Crippen LogP contribution in [0.4, 0.5) is 0 Å². The Morgan fingerprint density at radius 1 is 1.28 bits per heavy atom. The van der Waals surface area contributed by atoms with E-state index in [1.165, 1.54) is 0 Å². The number of aryl methyl sites for hydroxylation is 1. The average Bonchev–Trinajstić information content (AvgIpc) is 2.92. The van der Waals surface area contributed by atoms with Gasteiger partial charge in [0, 0.05) is 37.1 Å². The molecule has 1 aliphatic heterocycles. The highest BCUT2D eigenvalue weighted by molar-refractivity contribution is 6.30. The fourth-order valence-electron chi connectivity index (χ4n) is 3.06. The Kier molecular flexibility index (Phi) is 5.08. The number of nitrogens with zero attached hydrogens (tertiary/aromatic N) is 3. The Hall–Kier alpha value is -2.34. The van der Waals surface area contributed by atoms with E-state index in [4.69, 9.17) is 16.3 Å². The van der Waals surface area contributed by atoms with Crippen LogP contribution in [-0.4, -0.2) is 39.7 Å². The first-order valence-corrected chi connectivity index (χ1v) is 8.61. The van der Waals surface area contributed by atoms with Gasteiger partial charge in [0.15, 0.2) is 5.69 Å². The minimum Gasteiger partial charge on any atom is -0.461 e. The number of benzene rings is 1. The highest BCUT2D eigenvalue weighted by Gasteiger charge is 2.29. The molecule has 132 valence electrons. The number of fused-ring (bicyclic) bond motifs is 1. The second-order valence-corrected chi connectivity index (χ2v) is 6.42. The molecule has 6 nitrogen and oxygen atoms in total. The average molecular weight is 362 g/mol. The number of esters is 1. The first-order chi connectivity index (χ1) is 12.0. The number of halogens is 1. The number of hydrogen-bond donors (Lipinski definition) is 0. The SMILES string of the molecule is CCOC(=O)c1c2c(nn1C)CCN(C(=O)Cc1ccc(Cl)cc1)C2. The Bertz CT molecular complexity index is 799. The van der Waals surface area contributed by atoms with Gasteiger partial charge in [0.1, 0.15) is 0 Å². The molecule has 1 aliphatic rings. The number of rotatable bonds is 4. The molecule has 1 aromatic carbocycles. The van der Waals surface area contributed by atoms with E-state index in [1.54, 1.807) is 35.7 Å². The lowest BCUT2D eigenvalue weighted by Crippen LogP contribution is -2.37. The second kappa shape index (κ2) is 7.27. The maximum atomic E-state index is 12.6. The van der Waals surface area contributed by atoms with Gasteiger partial charge < -0.3 is 9.64 Å². The molecule has 0 radical (unpaired) electrons. The zero-order chi connectivity index (χ0) is 18.0. The summed E-state index contributed by atoms with van der Waals surface area (Å²) in [5.41, 5.74) is 3.00. The maximum absolute atomic E-state index is 12.6. The van der Waals surface area contributed by atoms with Crippen LogP contribution in [0, 0.1) is 0 Å². The summed E-state index contributed by atoms with van der Waals surface area (Å²) in [6.07, 6.45) is 0.941. The first kappa shape index (κ1) is 17.5. The summed E-state index contributed by atoms with van der Waals surface area (Å²) >= 11 is 5.88. The summed E-state index contributed by atoms with van der Waals surface area (Å²) in [5.74, 6) is -0.377. The molecule has 0 aliphatic carbocycles. The Labute approximate surface area is 151 Å². The fourth-order valence-corrected chi connectivity index (χ4v) is 3.18. The minimum atomic E-state index is -0.397. The number of carbonyl (C=O) groups excluding carboxylic acids is 2. The van der Waals surface area contributed by atoms with Gasteiger partial charge in [-0.15, -0.1) is 0 Å². The monoisotopic (exact) mass is 361 g/mol. The van der Waals surface area contributed by atoms with E-state index in [1.807, 2.05) is 12.1 Å². The topological polar surface area (TPSA) is 64.4 Å². The molecule has 25 heavy (non-hydrogen) atoms. The summed E-state index contributed by atoms with van der Waals surface area (Å²) in [6.45, 7) is 3.04. The van der Waals surface area contributed by atoms with Crippen LogP contribution in [0.1, 0.15) is 34.2 Å². The Morgan fingerprint density at radius 3 is 2.68 bits per heavy atom. The molecule has 7 heteroatoms. The van der Waals surface area contributed by atoms with Crippen molar-refractivity contribution in [3.63, 3.8) is 0 Å². The van der Waals surface area contributed by atoms with Gasteiger partial charge in [0.25, 0.3) is 0 Å². The van der Waals surface area contributed by atoms with Crippen molar-refractivity contribution >= 4 is 23.5 Å². The van der Waals surface area contributed by atoms with E-state index in [2.05, 4.69) is 5.10 Å². The highest BCUT2D eigenvalue weighted by atomic mass is 35.5. The van der Waals surface area contributed by atoms with Crippen LogP contribution >= 0.6 is 11.6 Å². The Morgan fingerprint density at radius 2 is 2.00 bits per heavy atom. The second-order valence-electron chi connectivity index (χ2n) is 5.99. The smallest absolute Gasteiger partial charge is 0.356 e. The van der Waals surface area contributed by atoms with Gasteiger partial charge in [-0.1, -0.05) is 23.7 Å². The van der Waals surface area contributed by atoms with E-state index in [0.29, 0.717) is 43.3 Å². The van der Waals surface area contributed by atoms with Crippen LogP contribution < -0.4 is 0 Å². The van der Waals surface area contributed by atoms with Crippen LogP contribution in [0.25, 0.3) is 0 Å². The molecule has 2 aromatic rings. The zero-order valence-corrected chi connectivity index (χ0v) is 15.0. The van der Waals surface area contributed by atoms with E-state index in [0.717, 1.165) is 16.8 Å². The lowest BCUT2D eigenvalue weighted by molar-refractivity contribution is -0.131. The quantitative estimate of drug-likeness (QED) is 0.784. The molecule has 0 saturated heterocycles. The predicted octanol–water partition coefficient (Wildman–Crippen LogP) is 2.38. The molecular weight excluding hydrogens is 342 g/mol. The van der Waals surface area contributed by atoms with Gasteiger partial charge in [-0.3, -0.25) is 9.48 Å². The summed E-state index contributed by atoms with van der Waals surface area (Å²) in [7, 11) is 1.73. The van der Waals surface area contributed by atoms with Crippen LogP contribution in [0.2, 0.25) is 5.02 Å². The van der Waals surface area contributed by atoms with Crippen LogP contribution in [0.15, 0.2) is 24.3 Å². The first-order valence-electron chi connectivity index (χ1n) is 8.23. The molecule has 0 N–H and O–H groups in total. The molecule has 1 amide bonds. The van der Waals surface area contributed by atoms with Gasteiger partial charge in [-0.05, 0) is 24.6 Å². The van der Waals surface area contributed by atoms with Gasteiger partial charge in [0.05, 0.1) is 18.7 Å². The summed E-state index contributed by atoms with van der Waals surface area (Å²) < 4.78 is 6.67. The number of amides is 1. The number of ether oxygens (including phenoxy) is 1. The van der Waals surface area contributed by atoms with Crippen molar-refractivity contribution in [1.82, 2.24) is 14.7 Å². The normalized spacial score (nSPS) is 13.5. The lowest BCUT2D eigenvalue weighted by Gasteiger charge is -2.27. The van der Waals surface area contributed by atoms with Crippen molar-refractivity contribution in [2.24, 2.45) is 7.05 Å². The summed E-state index contributed by atoms with van der Waals surface area (Å²) in [5, 5.41) is 5.05. The van der Waals surface area contributed by atoms with Crippen molar-refractivity contribution in [2.75, 3.05) is 13.2 Å². The van der Waals surface area contributed by atoms with Crippen molar-refractivity contribution < 1.29 is 14.3 Å². The Balaban J connectivity index is 1.76. The lowest BCUT2D eigenvalue weighted by atomic mass is 10.0. The molecule has 0 fully saturated rings. The fraction of sp³-hybridized carbons (Fsp3) is 0.389. The van der Waals surface area contributed by atoms with E-state index in [-0.39, 0.29) is 5.91 Å². The van der Waals surface area contributed by atoms with E-state index < -0.39 is 5.97 Å². The molecule has 0 atom stereocenters. The minimum absolute atomic E-state index is 0.0200.